The van der Waals surface area contributed by atoms with E-state index in [1.807, 2.05) is 13.8 Å². The number of ether oxygens (including phenoxy) is 1. The van der Waals surface area contributed by atoms with Crippen molar-refractivity contribution in [1.82, 2.24) is 0 Å². The predicted molar refractivity (Wildman–Crippen MR) is 40.8 cm³/mol. The van der Waals surface area contributed by atoms with Gasteiger partial charge in [-0.15, -0.1) is 0 Å². The Morgan fingerprint density at radius 1 is 1.50 bits per heavy atom. The fraction of sp³-hybridized carbons (Fsp3) is 1.00. The fourth-order valence-corrected chi connectivity index (χ4v) is 0.590. The molecule has 10 heavy (non-hydrogen) atoms. The van der Waals surface area contributed by atoms with Crippen LogP contribution in [-0.2, 0) is 4.74 Å². The molecule has 0 rings (SSSR count). The Labute approximate surface area is 62.6 Å². The zero-order valence-corrected chi connectivity index (χ0v) is 7.28. The lowest BCUT2D eigenvalue weighted by atomic mass is 9.92. The second-order valence-corrected chi connectivity index (χ2v) is 3.18. The highest BCUT2D eigenvalue weighted by molar-refractivity contribution is 4.76. The van der Waals surface area contributed by atoms with Crippen molar-refractivity contribution in [2.24, 2.45) is 5.92 Å². The first-order chi connectivity index (χ1) is 4.50. The summed E-state index contributed by atoms with van der Waals surface area (Å²) >= 11 is 0. The normalized spacial score (nSPS) is 17.4. The first kappa shape index (κ1) is 9.89. The van der Waals surface area contributed by atoms with E-state index in [9.17, 15) is 4.39 Å². The van der Waals surface area contributed by atoms with Gasteiger partial charge in [-0.1, -0.05) is 13.8 Å². The molecule has 0 aliphatic heterocycles. The first-order valence-electron chi connectivity index (χ1n) is 3.68. The number of hydrogen-bond acceptors (Lipinski definition) is 1. The third kappa shape index (κ3) is 3.16. The van der Waals surface area contributed by atoms with E-state index in [1.165, 1.54) is 0 Å². The van der Waals surface area contributed by atoms with Gasteiger partial charge in [0.05, 0.1) is 0 Å². The molecule has 0 radical (unpaired) electrons. The van der Waals surface area contributed by atoms with Crippen LogP contribution >= 0.6 is 0 Å². The van der Waals surface area contributed by atoms with Crippen molar-refractivity contribution in [2.75, 3.05) is 13.7 Å². The molecule has 1 atom stereocenters. The third-order valence-electron chi connectivity index (χ3n) is 2.00. The highest BCUT2D eigenvalue weighted by Gasteiger charge is 2.26. The molecule has 0 fully saturated rings. The Balaban J connectivity index is 3.63. The molecular formula is C8H17FO. The highest BCUT2D eigenvalue weighted by Crippen LogP contribution is 2.24. The van der Waals surface area contributed by atoms with E-state index < -0.39 is 5.67 Å². The minimum absolute atomic E-state index is 0.0719. The molecule has 62 valence electrons. The third-order valence-corrected chi connectivity index (χ3v) is 2.00. The van der Waals surface area contributed by atoms with Crippen molar-refractivity contribution in [2.45, 2.75) is 32.9 Å². The molecule has 0 spiro atoms. The lowest BCUT2D eigenvalue weighted by Crippen LogP contribution is -2.26. The zero-order chi connectivity index (χ0) is 8.20. The van der Waals surface area contributed by atoms with E-state index >= 15 is 0 Å². The fourth-order valence-electron chi connectivity index (χ4n) is 0.590. The summed E-state index contributed by atoms with van der Waals surface area (Å²) in [7, 11) is 1.59. The van der Waals surface area contributed by atoms with Crippen LogP contribution in [-0.4, -0.2) is 19.4 Å². The van der Waals surface area contributed by atoms with Crippen molar-refractivity contribution < 1.29 is 9.13 Å². The topological polar surface area (TPSA) is 9.23 Å². The lowest BCUT2D eigenvalue weighted by molar-refractivity contribution is 0.0690. The van der Waals surface area contributed by atoms with E-state index in [-0.39, 0.29) is 5.92 Å². The van der Waals surface area contributed by atoms with Crippen molar-refractivity contribution in [3.63, 3.8) is 0 Å². The Morgan fingerprint density at radius 3 is 2.30 bits per heavy atom. The van der Waals surface area contributed by atoms with E-state index in [4.69, 9.17) is 4.74 Å². The molecule has 0 aromatic carbocycles. The predicted octanol–water partition coefficient (Wildman–Crippen LogP) is 2.41. The second-order valence-electron chi connectivity index (χ2n) is 3.18. The summed E-state index contributed by atoms with van der Waals surface area (Å²) in [6.45, 7) is 5.90. The summed E-state index contributed by atoms with van der Waals surface area (Å²) in [5, 5.41) is 0. The molecular weight excluding hydrogens is 131 g/mol. The van der Waals surface area contributed by atoms with Crippen LogP contribution in [0.5, 0.6) is 0 Å². The summed E-state index contributed by atoms with van der Waals surface area (Å²) < 4.78 is 18.1. The molecule has 0 heterocycles. The summed E-state index contributed by atoms with van der Waals surface area (Å²) in [6, 6.07) is 0. The van der Waals surface area contributed by atoms with Gasteiger partial charge in [-0.3, -0.25) is 0 Å². The zero-order valence-electron chi connectivity index (χ0n) is 7.28. The Bertz CT molecular complexity index is 89.3. The number of alkyl halides is 1. The molecule has 0 bridgehead atoms. The smallest absolute Gasteiger partial charge is 0.112 e. The van der Waals surface area contributed by atoms with Gasteiger partial charge in [0, 0.05) is 20.1 Å². The molecule has 1 unspecified atom stereocenters. The molecule has 0 aromatic rings. The van der Waals surface area contributed by atoms with E-state index in [1.54, 1.807) is 14.0 Å². The Kier molecular flexibility index (Phi) is 3.87. The first-order valence-corrected chi connectivity index (χ1v) is 3.68. The maximum atomic E-state index is 13.3. The average Bonchev–Trinajstić information content (AvgIpc) is 1.84. The largest absolute Gasteiger partial charge is 0.385 e. The SMILES string of the molecule is COCCC(C)(F)C(C)C. The minimum Gasteiger partial charge on any atom is -0.385 e. The summed E-state index contributed by atoms with van der Waals surface area (Å²) in [4.78, 5) is 0. The van der Waals surface area contributed by atoms with Crippen LogP contribution in [0.1, 0.15) is 27.2 Å². The summed E-state index contributed by atoms with van der Waals surface area (Å²) in [6.07, 6.45) is 0.487. The minimum atomic E-state index is -1.07. The summed E-state index contributed by atoms with van der Waals surface area (Å²) in [5.41, 5.74) is -1.07. The van der Waals surface area contributed by atoms with E-state index in [0.29, 0.717) is 13.0 Å². The number of methoxy groups -OCH3 is 1. The van der Waals surface area contributed by atoms with Crippen molar-refractivity contribution in [1.29, 1.82) is 0 Å². The van der Waals surface area contributed by atoms with Crippen LogP contribution < -0.4 is 0 Å². The molecule has 0 aliphatic carbocycles. The molecule has 1 nitrogen and oxygen atoms in total. The van der Waals surface area contributed by atoms with Gasteiger partial charge in [-0.25, -0.2) is 4.39 Å². The van der Waals surface area contributed by atoms with Gasteiger partial charge < -0.3 is 4.74 Å². The van der Waals surface area contributed by atoms with Crippen molar-refractivity contribution in [3.8, 4) is 0 Å². The van der Waals surface area contributed by atoms with Gasteiger partial charge in [0.25, 0.3) is 0 Å². The van der Waals surface area contributed by atoms with Gasteiger partial charge in [-0.2, -0.15) is 0 Å². The molecule has 0 amide bonds. The molecule has 0 N–H and O–H groups in total. The second kappa shape index (κ2) is 3.91. The monoisotopic (exact) mass is 148 g/mol. The Hall–Kier alpha value is -0.110. The van der Waals surface area contributed by atoms with E-state index in [2.05, 4.69) is 0 Å². The molecule has 0 aliphatic rings. The van der Waals surface area contributed by atoms with Crippen LogP contribution in [0.4, 0.5) is 4.39 Å². The molecule has 0 saturated carbocycles. The van der Waals surface area contributed by atoms with Crippen molar-refractivity contribution in [3.05, 3.63) is 0 Å². The summed E-state index contributed by atoms with van der Waals surface area (Å²) in [5.74, 6) is 0.0719. The van der Waals surface area contributed by atoms with Crippen LogP contribution in [0.15, 0.2) is 0 Å². The van der Waals surface area contributed by atoms with E-state index in [0.717, 1.165) is 0 Å². The van der Waals surface area contributed by atoms with Gasteiger partial charge in [0.1, 0.15) is 5.67 Å². The maximum absolute atomic E-state index is 13.3. The average molecular weight is 148 g/mol. The van der Waals surface area contributed by atoms with Gasteiger partial charge in [0.2, 0.25) is 0 Å². The lowest BCUT2D eigenvalue weighted by Gasteiger charge is -2.23. The standard InChI is InChI=1S/C8H17FO/c1-7(2)8(3,9)5-6-10-4/h7H,5-6H2,1-4H3. The number of hydrogen-bond donors (Lipinski definition) is 0. The number of halogens is 1. The Morgan fingerprint density at radius 2 is 2.00 bits per heavy atom. The van der Waals surface area contributed by atoms with Gasteiger partial charge >= 0.3 is 0 Å². The van der Waals surface area contributed by atoms with Gasteiger partial charge in [0.15, 0.2) is 0 Å². The molecule has 0 saturated heterocycles. The van der Waals surface area contributed by atoms with Crippen LogP contribution in [0, 0.1) is 5.92 Å². The van der Waals surface area contributed by atoms with Crippen molar-refractivity contribution >= 4 is 0 Å². The highest BCUT2D eigenvalue weighted by atomic mass is 19.1. The van der Waals surface area contributed by atoms with Crippen LogP contribution in [0.2, 0.25) is 0 Å². The van der Waals surface area contributed by atoms with Gasteiger partial charge in [-0.05, 0) is 12.8 Å². The maximum Gasteiger partial charge on any atom is 0.112 e. The number of rotatable bonds is 4. The molecule has 0 aromatic heterocycles. The van der Waals surface area contributed by atoms with Crippen LogP contribution in [0.3, 0.4) is 0 Å². The van der Waals surface area contributed by atoms with Crippen LogP contribution in [0.25, 0.3) is 0 Å². The quantitative estimate of drug-likeness (QED) is 0.595. The molecule has 2 heteroatoms.